The summed E-state index contributed by atoms with van der Waals surface area (Å²) in [5, 5.41) is 5.36. The molecule has 0 aliphatic carbocycles. The third-order valence-electron chi connectivity index (χ3n) is 3.69. The van der Waals surface area contributed by atoms with Crippen LogP contribution >= 0.6 is 0 Å². The summed E-state index contributed by atoms with van der Waals surface area (Å²) < 4.78 is 19.3. The van der Waals surface area contributed by atoms with Crippen molar-refractivity contribution in [3.63, 3.8) is 0 Å². The van der Waals surface area contributed by atoms with E-state index in [1.54, 1.807) is 48.5 Å². The maximum Gasteiger partial charge on any atom is 0.291 e. The van der Waals surface area contributed by atoms with Crippen molar-refractivity contribution in [1.29, 1.82) is 0 Å². The van der Waals surface area contributed by atoms with E-state index >= 15 is 0 Å². The van der Waals surface area contributed by atoms with E-state index in [0.717, 1.165) is 0 Å². The quantitative estimate of drug-likeness (QED) is 0.726. The molecule has 2 aromatic carbocycles. The smallest absolute Gasteiger partial charge is 0.291 e. The molecule has 0 aliphatic rings. The van der Waals surface area contributed by atoms with E-state index in [2.05, 4.69) is 10.6 Å². The molecule has 26 heavy (non-hydrogen) atoms. The molecule has 0 bridgehead atoms. The van der Waals surface area contributed by atoms with Gasteiger partial charge in [0.25, 0.3) is 11.8 Å². The first-order valence-electron chi connectivity index (χ1n) is 8.13. The predicted molar refractivity (Wildman–Crippen MR) is 96.5 cm³/mol. The summed E-state index contributed by atoms with van der Waals surface area (Å²) in [5.74, 6) is -0.816. The average Bonchev–Trinajstić information content (AvgIpc) is 3.12. The Morgan fingerprint density at radius 1 is 1.00 bits per heavy atom. The minimum Gasteiger partial charge on any atom is -0.451 e. The van der Waals surface area contributed by atoms with Gasteiger partial charge in [-0.25, -0.2) is 4.39 Å². The second-order valence-corrected chi connectivity index (χ2v) is 5.54. The van der Waals surface area contributed by atoms with Crippen LogP contribution in [-0.4, -0.2) is 18.4 Å². The van der Waals surface area contributed by atoms with E-state index in [0.29, 0.717) is 17.8 Å². The number of furan rings is 1. The van der Waals surface area contributed by atoms with Gasteiger partial charge in [0.2, 0.25) is 0 Å². The Morgan fingerprint density at radius 3 is 2.58 bits per heavy atom. The van der Waals surface area contributed by atoms with Gasteiger partial charge < -0.3 is 15.1 Å². The van der Waals surface area contributed by atoms with Crippen LogP contribution in [0.25, 0.3) is 11.3 Å². The number of amides is 2. The number of hydrogen-bond donors (Lipinski definition) is 2. The van der Waals surface area contributed by atoms with Crippen molar-refractivity contribution in [2.24, 2.45) is 0 Å². The predicted octanol–water partition coefficient (Wildman–Crippen LogP) is 4.09. The highest BCUT2D eigenvalue weighted by Crippen LogP contribution is 2.25. The highest BCUT2D eigenvalue weighted by Gasteiger charge is 2.15. The van der Waals surface area contributed by atoms with Crippen molar-refractivity contribution in [2.75, 3.05) is 11.9 Å². The van der Waals surface area contributed by atoms with Crippen LogP contribution in [-0.2, 0) is 0 Å². The molecular weight excluding hydrogens is 335 g/mol. The van der Waals surface area contributed by atoms with Gasteiger partial charge in [-0.2, -0.15) is 0 Å². The maximum atomic E-state index is 13.8. The van der Waals surface area contributed by atoms with E-state index < -0.39 is 11.7 Å². The SMILES string of the molecule is CCNC(=O)c1cccc(NC(=O)c2ccc(-c3ccccc3F)o2)c1. The minimum atomic E-state index is -0.486. The minimum absolute atomic E-state index is 0.0478. The van der Waals surface area contributed by atoms with Crippen molar-refractivity contribution in [2.45, 2.75) is 6.92 Å². The van der Waals surface area contributed by atoms with E-state index in [4.69, 9.17) is 4.42 Å². The normalized spacial score (nSPS) is 10.4. The summed E-state index contributed by atoms with van der Waals surface area (Å²) in [4.78, 5) is 24.2. The summed E-state index contributed by atoms with van der Waals surface area (Å²) in [6.45, 7) is 2.34. The second-order valence-electron chi connectivity index (χ2n) is 5.54. The Hall–Kier alpha value is -3.41. The Labute approximate surface area is 149 Å². The molecule has 0 atom stereocenters. The average molecular weight is 352 g/mol. The van der Waals surface area contributed by atoms with Crippen molar-refractivity contribution in [1.82, 2.24) is 5.32 Å². The van der Waals surface area contributed by atoms with Crippen molar-refractivity contribution < 1.29 is 18.4 Å². The number of rotatable bonds is 5. The van der Waals surface area contributed by atoms with Crippen LogP contribution in [0.15, 0.2) is 65.1 Å². The maximum absolute atomic E-state index is 13.8. The highest BCUT2D eigenvalue weighted by molar-refractivity contribution is 6.03. The molecule has 2 amide bonds. The number of anilines is 1. The van der Waals surface area contributed by atoms with Crippen LogP contribution in [0.5, 0.6) is 0 Å². The highest BCUT2D eigenvalue weighted by atomic mass is 19.1. The van der Waals surface area contributed by atoms with Gasteiger partial charge >= 0.3 is 0 Å². The largest absolute Gasteiger partial charge is 0.451 e. The summed E-state index contributed by atoms with van der Waals surface area (Å²) in [7, 11) is 0. The molecule has 0 unspecified atom stereocenters. The van der Waals surface area contributed by atoms with E-state index in [9.17, 15) is 14.0 Å². The third kappa shape index (κ3) is 3.80. The second kappa shape index (κ2) is 7.65. The lowest BCUT2D eigenvalue weighted by atomic mass is 10.1. The number of hydrogen-bond acceptors (Lipinski definition) is 3. The van der Waals surface area contributed by atoms with Gasteiger partial charge in [0.1, 0.15) is 11.6 Å². The molecule has 1 aromatic heterocycles. The third-order valence-corrected chi connectivity index (χ3v) is 3.69. The zero-order chi connectivity index (χ0) is 18.5. The molecule has 5 nitrogen and oxygen atoms in total. The molecule has 1 heterocycles. The molecule has 2 N–H and O–H groups in total. The number of halogens is 1. The van der Waals surface area contributed by atoms with E-state index in [1.165, 1.54) is 12.1 Å². The monoisotopic (exact) mass is 352 g/mol. The molecule has 0 radical (unpaired) electrons. The van der Waals surface area contributed by atoms with Gasteiger partial charge in [-0.3, -0.25) is 9.59 Å². The van der Waals surface area contributed by atoms with Crippen LogP contribution in [0, 0.1) is 5.82 Å². The first kappa shape index (κ1) is 17.4. The standard InChI is InChI=1S/C20H17FN2O3/c1-2-22-19(24)13-6-5-7-14(12-13)23-20(25)18-11-10-17(26-18)15-8-3-4-9-16(15)21/h3-12H,2H2,1H3,(H,22,24)(H,23,25). The zero-order valence-electron chi connectivity index (χ0n) is 14.1. The van der Waals surface area contributed by atoms with Crippen LogP contribution in [0.4, 0.5) is 10.1 Å². The Balaban J connectivity index is 1.76. The van der Waals surface area contributed by atoms with E-state index in [-0.39, 0.29) is 23.0 Å². The van der Waals surface area contributed by atoms with Gasteiger partial charge in [-0.1, -0.05) is 18.2 Å². The molecule has 6 heteroatoms. The summed E-state index contributed by atoms with van der Waals surface area (Å²) >= 11 is 0. The van der Waals surface area contributed by atoms with Crippen LogP contribution < -0.4 is 10.6 Å². The molecule has 132 valence electrons. The number of carbonyl (C=O) groups excluding carboxylic acids is 2. The Morgan fingerprint density at radius 2 is 1.81 bits per heavy atom. The molecule has 3 aromatic rings. The first-order valence-corrected chi connectivity index (χ1v) is 8.13. The fraction of sp³-hybridized carbons (Fsp3) is 0.100. The lowest BCUT2D eigenvalue weighted by molar-refractivity contribution is 0.0953. The number of benzene rings is 2. The Kier molecular flexibility index (Phi) is 5.12. The first-order chi connectivity index (χ1) is 12.6. The summed E-state index contributed by atoms with van der Waals surface area (Å²) in [6.07, 6.45) is 0. The molecule has 0 fully saturated rings. The fourth-order valence-corrected chi connectivity index (χ4v) is 2.46. The van der Waals surface area contributed by atoms with Crippen molar-refractivity contribution in [3.05, 3.63) is 77.8 Å². The van der Waals surface area contributed by atoms with Crippen LogP contribution in [0.1, 0.15) is 27.8 Å². The van der Waals surface area contributed by atoms with E-state index in [1.807, 2.05) is 6.92 Å². The molecule has 0 saturated heterocycles. The van der Waals surface area contributed by atoms with Gasteiger partial charge in [0.15, 0.2) is 5.76 Å². The van der Waals surface area contributed by atoms with Crippen molar-refractivity contribution in [3.8, 4) is 11.3 Å². The Bertz CT molecular complexity index is 949. The van der Waals surface area contributed by atoms with Gasteiger partial charge in [-0.05, 0) is 49.4 Å². The van der Waals surface area contributed by atoms with Gasteiger partial charge in [-0.15, -0.1) is 0 Å². The van der Waals surface area contributed by atoms with Gasteiger partial charge in [0, 0.05) is 17.8 Å². The molecule has 0 spiro atoms. The fourth-order valence-electron chi connectivity index (χ4n) is 2.46. The van der Waals surface area contributed by atoms with Gasteiger partial charge in [0.05, 0.1) is 5.56 Å². The lowest BCUT2D eigenvalue weighted by Gasteiger charge is -2.06. The van der Waals surface area contributed by atoms with Crippen LogP contribution in [0.2, 0.25) is 0 Å². The number of nitrogens with one attached hydrogen (secondary N) is 2. The van der Waals surface area contributed by atoms with Crippen LogP contribution in [0.3, 0.4) is 0 Å². The van der Waals surface area contributed by atoms with Crippen molar-refractivity contribution >= 4 is 17.5 Å². The lowest BCUT2D eigenvalue weighted by Crippen LogP contribution is -2.22. The molecule has 3 rings (SSSR count). The number of carbonyl (C=O) groups is 2. The molecular formula is C20H17FN2O3. The summed E-state index contributed by atoms with van der Waals surface area (Å²) in [5.41, 5.74) is 1.18. The molecule has 0 aliphatic heterocycles. The zero-order valence-corrected chi connectivity index (χ0v) is 14.1. The summed E-state index contributed by atoms with van der Waals surface area (Å²) in [6, 6.07) is 15.8. The topological polar surface area (TPSA) is 71.3 Å². The molecule has 0 saturated carbocycles.